The predicted molar refractivity (Wildman–Crippen MR) is 58.1 cm³/mol. The van der Waals surface area contributed by atoms with Crippen molar-refractivity contribution in [2.45, 2.75) is 31.6 Å². The molecule has 0 radical (unpaired) electrons. The van der Waals surface area contributed by atoms with Gasteiger partial charge in [0.1, 0.15) is 0 Å². The van der Waals surface area contributed by atoms with Gasteiger partial charge < -0.3 is 5.73 Å². The van der Waals surface area contributed by atoms with E-state index in [4.69, 9.17) is 5.73 Å². The van der Waals surface area contributed by atoms with E-state index < -0.39 is 17.9 Å². The van der Waals surface area contributed by atoms with Gasteiger partial charge in [-0.25, -0.2) is 8.78 Å². The van der Waals surface area contributed by atoms with Crippen molar-refractivity contribution in [3.63, 3.8) is 0 Å². The van der Waals surface area contributed by atoms with Crippen LogP contribution >= 0.6 is 0 Å². The molecule has 0 saturated heterocycles. The number of benzene rings is 1. The van der Waals surface area contributed by atoms with Gasteiger partial charge in [0.25, 0.3) is 5.92 Å². The number of hydrogen-bond acceptors (Lipinski definition) is 1. The lowest BCUT2D eigenvalue weighted by molar-refractivity contribution is -0.0157. The molecule has 15 heavy (non-hydrogen) atoms. The monoisotopic (exact) mass is 213 g/mol. The first-order valence-electron chi connectivity index (χ1n) is 5.01. The van der Waals surface area contributed by atoms with Crippen molar-refractivity contribution in [3.8, 4) is 0 Å². The molecule has 84 valence electrons. The lowest BCUT2D eigenvalue weighted by Crippen LogP contribution is -2.35. The Morgan fingerprint density at radius 2 is 1.67 bits per heavy atom. The number of hydrogen-bond donors (Lipinski definition) is 1. The molecule has 0 atom stereocenters. The minimum Gasteiger partial charge on any atom is -0.325 e. The van der Waals surface area contributed by atoms with Gasteiger partial charge in [-0.1, -0.05) is 44.2 Å². The van der Waals surface area contributed by atoms with Gasteiger partial charge in [0.05, 0.1) is 6.54 Å². The SMILES string of the molecule is CC(C)(CC(F)(F)CN)c1ccccc1. The van der Waals surface area contributed by atoms with Crippen LogP contribution < -0.4 is 5.73 Å². The van der Waals surface area contributed by atoms with E-state index in [0.29, 0.717) is 0 Å². The Labute approximate surface area is 89.3 Å². The van der Waals surface area contributed by atoms with Crippen molar-refractivity contribution in [2.24, 2.45) is 5.73 Å². The summed E-state index contributed by atoms with van der Waals surface area (Å²) in [5, 5.41) is 0. The van der Waals surface area contributed by atoms with E-state index in [-0.39, 0.29) is 6.42 Å². The van der Waals surface area contributed by atoms with Crippen molar-refractivity contribution in [1.29, 1.82) is 0 Å². The second-order valence-electron chi connectivity index (χ2n) is 4.49. The highest BCUT2D eigenvalue weighted by atomic mass is 19.3. The van der Waals surface area contributed by atoms with Crippen LogP contribution in [0.5, 0.6) is 0 Å². The molecule has 0 unspecified atom stereocenters. The fraction of sp³-hybridized carbons (Fsp3) is 0.500. The first-order chi connectivity index (χ1) is 6.87. The van der Waals surface area contributed by atoms with Crippen molar-refractivity contribution in [2.75, 3.05) is 6.54 Å². The third kappa shape index (κ3) is 3.27. The molecule has 0 heterocycles. The van der Waals surface area contributed by atoms with Crippen LogP contribution in [0.15, 0.2) is 30.3 Å². The summed E-state index contributed by atoms with van der Waals surface area (Å²) in [6, 6.07) is 9.33. The maximum absolute atomic E-state index is 13.2. The Balaban J connectivity index is 2.85. The van der Waals surface area contributed by atoms with E-state index in [0.717, 1.165) is 5.56 Å². The smallest absolute Gasteiger partial charge is 0.260 e. The van der Waals surface area contributed by atoms with Crippen molar-refractivity contribution < 1.29 is 8.78 Å². The summed E-state index contributed by atoms with van der Waals surface area (Å²) in [5.74, 6) is -2.79. The molecule has 2 N–H and O–H groups in total. The third-order valence-electron chi connectivity index (χ3n) is 2.55. The van der Waals surface area contributed by atoms with Crippen LogP contribution in [0.3, 0.4) is 0 Å². The Bertz CT molecular complexity index is 307. The highest BCUT2D eigenvalue weighted by molar-refractivity contribution is 5.23. The molecular weight excluding hydrogens is 196 g/mol. The summed E-state index contributed by atoms with van der Waals surface area (Å²) in [6.45, 7) is 3.03. The summed E-state index contributed by atoms with van der Waals surface area (Å²) in [5.41, 5.74) is 5.41. The first kappa shape index (κ1) is 12.1. The lowest BCUT2D eigenvalue weighted by Gasteiger charge is -2.29. The van der Waals surface area contributed by atoms with Crippen LogP contribution in [0.2, 0.25) is 0 Å². The average Bonchev–Trinajstić information content (AvgIpc) is 2.18. The summed E-state index contributed by atoms with van der Waals surface area (Å²) in [7, 11) is 0. The minimum absolute atomic E-state index is 0.222. The second-order valence-corrected chi connectivity index (χ2v) is 4.49. The topological polar surface area (TPSA) is 26.0 Å². The Morgan fingerprint density at radius 1 is 1.13 bits per heavy atom. The largest absolute Gasteiger partial charge is 0.325 e. The summed E-state index contributed by atoms with van der Waals surface area (Å²) < 4.78 is 26.4. The quantitative estimate of drug-likeness (QED) is 0.817. The number of nitrogens with two attached hydrogens (primary N) is 1. The van der Waals surface area contributed by atoms with E-state index in [1.807, 2.05) is 44.2 Å². The number of halogens is 2. The summed E-state index contributed by atoms with van der Waals surface area (Å²) in [4.78, 5) is 0. The molecule has 1 aromatic carbocycles. The molecule has 1 nitrogen and oxygen atoms in total. The van der Waals surface area contributed by atoms with E-state index in [1.165, 1.54) is 0 Å². The van der Waals surface area contributed by atoms with Crippen LogP contribution in [0.25, 0.3) is 0 Å². The number of alkyl halides is 2. The molecule has 1 aromatic rings. The third-order valence-corrected chi connectivity index (χ3v) is 2.55. The van der Waals surface area contributed by atoms with Crippen LogP contribution in [0.1, 0.15) is 25.8 Å². The first-order valence-corrected chi connectivity index (χ1v) is 5.01. The van der Waals surface area contributed by atoms with Gasteiger partial charge in [-0.3, -0.25) is 0 Å². The zero-order valence-corrected chi connectivity index (χ0v) is 9.13. The maximum Gasteiger partial charge on any atom is 0.260 e. The van der Waals surface area contributed by atoms with Gasteiger partial charge in [-0.05, 0) is 11.0 Å². The molecule has 0 amide bonds. The van der Waals surface area contributed by atoms with Gasteiger partial charge >= 0.3 is 0 Å². The molecule has 1 rings (SSSR count). The van der Waals surface area contributed by atoms with E-state index in [9.17, 15) is 8.78 Å². The Kier molecular flexibility index (Phi) is 3.45. The van der Waals surface area contributed by atoms with Crippen LogP contribution in [-0.2, 0) is 5.41 Å². The summed E-state index contributed by atoms with van der Waals surface area (Å²) in [6.07, 6.45) is -0.222. The Hall–Kier alpha value is -0.960. The lowest BCUT2D eigenvalue weighted by atomic mass is 9.79. The highest BCUT2D eigenvalue weighted by Gasteiger charge is 2.36. The van der Waals surface area contributed by atoms with Gasteiger partial charge in [0.15, 0.2) is 0 Å². The van der Waals surface area contributed by atoms with Crippen LogP contribution in [-0.4, -0.2) is 12.5 Å². The predicted octanol–water partition coefficient (Wildman–Crippen LogP) is 2.95. The fourth-order valence-electron chi connectivity index (χ4n) is 1.71. The Morgan fingerprint density at radius 3 is 2.13 bits per heavy atom. The van der Waals surface area contributed by atoms with Crippen molar-refractivity contribution in [1.82, 2.24) is 0 Å². The molecule has 0 aromatic heterocycles. The molecule has 0 spiro atoms. The van der Waals surface area contributed by atoms with Gasteiger partial charge in [-0.2, -0.15) is 0 Å². The molecule has 0 aliphatic rings. The standard InChI is InChI=1S/C12H17F2N/c1-11(2,8-12(13,14)9-15)10-6-4-3-5-7-10/h3-7H,8-9,15H2,1-2H3. The van der Waals surface area contributed by atoms with Crippen LogP contribution in [0.4, 0.5) is 8.78 Å². The van der Waals surface area contributed by atoms with Crippen molar-refractivity contribution >= 4 is 0 Å². The highest BCUT2D eigenvalue weighted by Crippen LogP contribution is 2.34. The average molecular weight is 213 g/mol. The molecule has 0 saturated carbocycles. The summed E-state index contributed by atoms with van der Waals surface area (Å²) >= 11 is 0. The van der Waals surface area contributed by atoms with Gasteiger partial charge in [0.2, 0.25) is 0 Å². The van der Waals surface area contributed by atoms with Crippen LogP contribution in [0, 0.1) is 0 Å². The molecule has 0 fully saturated rings. The van der Waals surface area contributed by atoms with E-state index >= 15 is 0 Å². The molecule has 0 bridgehead atoms. The van der Waals surface area contributed by atoms with Crippen molar-refractivity contribution in [3.05, 3.63) is 35.9 Å². The molecular formula is C12H17F2N. The molecule has 0 aliphatic carbocycles. The normalized spacial score (nSPS) is 12.9. The molecule has 3 heteroatoms. The molecule has 0 aliphatic heterocycles. The van der Waals surface area contributed by atoms with Gasteiger partial charge in [0, 0.05) is 6.42 Å². The number of rotatable bonds is 4. The van der Waals surface area contributed by atoms with E-state index in [2.05, 4.69) is 0 Å². The fourth-order valence-corrected chi connectivity index (χ4v) is 1.71. The van der Waals surface area contributed by atoms with E-state index in [1.54, 1.807) is 0 Å². The minimum atomic E-state index is -2.79. The zero-order valence-electron chi connectivity index (χ0n) is 9.13. The maximum atomic E-state index is 13.2. The zero-order chi connectivity index (χ0) is 11.5. The second kappa shape index (κ2) is 4.27. The van der Waals surface area contributed by atoms with Gasteiger partial charge in [-0.15, -0.1) is 0 Å².